The molecule has 0 aliphatic carbocycles. The van der Waals surface area contributed by atoms with Gasteiger partial charge in [0.25, 0.3) is 11.8 Å². The summed E-state index contributed by atoms with van der Waals surface area (Å²) in [6.07, 6.45) is 0. The number of likely N-dealkylation sites (N-methyl/N-ethyl adjacent to an activating group) is 1. The summed E-state index contributed by atoms with van der Waals surface area (Å²) < 4.78 is 5.10. The molecule has 0 radical (unpaired) electrons. The van der Waals surface area contributed by atoms with Crippen LogP contribution in [0.3, 0.4) is 0 Å². The zero-order chi connectivity index (χ0) is 19.1. The first-order valence-corrected chi connectivity index (χ1v) is 8.44. The second kappa shape index (κ2) is 8.85. The van der Waals surface area contributed by atoms with E-state index in [4.69, 9.17) is 4.74 Å². The van der Waals surface area contributed by atoms with Crippen LogP contribution in [0.1, 0.15) is 34.6 Å². The molecule has 5 heteroatoms. The van der Waals surface area contributed by atoms with Gasteiger partial charge in [-0.15, -0.1) is 0 Å². The Morgan fingerprint density at radius 1 is 1.12 bits per heavy atom. The zero-order valence-corrected chi connectivity index (χ0v) is 15.4. The summed E-state index contributed by atoms with van der Waals surface area (Å²) in [7, 11) is 1.57. The Kier molecular flexibility index (Phi) is 6.55. The van der Waals surface area contributed by atoms with Crippen molar-refractivity contribution in [3.05, 3.63) is 71.8 Å². The van der Waals surface area contributed by atoms with Gasteiger partial charge in [0.2, 0.25) is 0 Å². The number of ether oxygens (including phenoxy) is 1. The van der Waals surface area contributed by atoms with Gasteiger partial charge in [0.1, 0.15) is 5.75 Å². The van der Waals surface area contributed by atoms with Crippen molar-refractivity contribution < 1.29 is 14.3 Å². The van der Waals surface area contributed by atoms with E-state index in [1.807, 2.05) is 13.8 Å². The maximum Gasteiger partial charge on any atom is 0.256 e. The summed E-state index contributed by atoms with van der Waals surface area (Å²) in [4.78, 5) is 27.1. The Morgan fingerprint density at radius 3 is 2.35 bits per heavy atom. The van der Waals surface area contributed by atoms with Crippen LogP contribution in [-0.4, -0.2) is 36.9 Å². The number of hydrogen-bond acceptors (Lipinski definition) is 3. The van der Waals surface area contributed by atoms with Gasteiger partial charge in [-0.25, -0.2) is 0 Å². The van der Waals surface area contributed by atoms with Crippen LogP contribution in [0.5, 0.6) is 5.75 Å². The fourth-order valence-electron chi connectivity index (χ4n) is 2.54. The summed E-state index contributed by atoms with van der Waals surface area (Å²) in [6, 6.07) is 13.8. The number of amides is 2. The van der Waals surface area contributed by atoms with Gasteiger partial charge in [-0.1, -0.05) is 24.3 Å². The molecule has 2 aromatic rings. The second-order valence-electron chi connectivity index (χ2n) is 6.00. The molecule has 0 atom stereocenters. The van der Waals surface area contributed by atoms with Crippen molar-refractivity contribution in [2.75, 3.05) is 25.5 Å². The van der Waals surface area contributed by atoms with E-state index in [2.05, 4.69) is 11.9 Å². The third-order valence-electron chi connectivity index (χ3n) is 3.89. The molecule has 0 fully saturated rings. The number of anilines is 1. The number of para-hydroxylation sites is 1. The molecule has 0 unspecified atom stereocenters. The minimum Gasteiger partial charge on any atom is -0.497 e. The fraction of sp³-hybridized carbons (Fsp3) is 0.238. The summed E-state index contributed by atoms with van der Waals surface area (Å²) >= 11 is 0. The van der Waals surface area contributed by atoms with Crippen LogP contribution in [0.4, 0.5) is 5.69 Å². The molecule has 2 rings (SSSR count). The van der Waals surface area contributed by atoms with Crippen LogP contribution in [0.25, 0.3) is 0 Å². The molecule has 0 aliphatic heterocycles. The van der Waals surface area contributed by atoms with Crippen LogP contribution in [0.2, 0.25) is 0 Å². The van der Waals surface area contributed by atoms with E-state index in [1.54, 1.807) is 60.5 Å². The molecule has 0 aliphatic rings. The Balaban J connectivity index is 2.23. The van der Waals surface area contributed by atoms with E-state index in [9.17, 15) is 9.59 Å². The molecule has 0 aromatic heterocycles. The standard InChI is InChI=1S/C21H24N2O3/c1-5-23(14-15(2)3)21(25)18-8-6-7-9-19(18)22-20(24)16-10-12-17(26-4)13-11-16/h6-13H,2,5,14H2,1,3-4H3,(H,22,24). The number of benzene rings is 2. The lowest BCUT2D eigenvalue weighted by Crippen LogP contribution is -2.33. The molecule has 5 nitrogen and oxygen atoms in total. The molecular weight excluding hydrogens is 328 g/mol. The highest BCUT2D eigenvalue weighted by Crippen LogP contribution is 2.20. The summed E-state index contributed by atoms with van der Waals surface area (Å²) in [5, 5.41) is 2.83. The van der Waals surface area contributed by atoms with Crippen molar-refractivity contribution in [2.24, 2.45) is 0 Å². The van der Waals surface area contributed by atoms with Crippen molar-refractivity contribution in [3.63, 3.8) is 0 Å². The van der Waals surface area contributed by atoms with Gasteiger partial charge in [-0.05, 0) is 50.2 Å². The maximum absolute atomic E-state index is 12.9. The smallest absolute Gasteiger partial charge is 0.256 e. The van der Waals surface area contributed by atoms with Gasteiger partial charge < -0.3 is 15.0 Å². The van der Waals surface area contributed by atoms with E-state index in [1.165, 1.54) is 0 Å². The van der Waals surface area contributed by atoms with Crippen LogP contribution >= 0.6 is 0 Å². The topological polar surface area (TPSA) is 58.6 Å². The third-order valence-corrected chi connectivity index (χ3v) is 3.89. The van der Waals surface area contributed by atoms with E-state index < -0.39 is 0 Å². The molecule has 1 N–H and O–H groups in total. The summed E-state index contributed by atoms with van der Waals surface area (Å²) in [5.74, 6) is 0.257. The zero-order valence-electron chi connectivity index (χ0n) is 15.4. The Labute approximate surface area is 154 Å². The Bertz CT molecular complexity index is 797. The first kappa shape index (κ1) is 19.2. The van der Waals surface area contributed by atoms with Gasteiger partial charge in [-0.2, -0.15) is 0 Å². The molecule has 2 aromatic carbocycles. The number of hydrogen-bond donors (Lipinski definition) is 1. The Hall–Kier alpha value is -3.08. The van der Waals surface area contributed by atoms with Crippen LogP contribution in [0.15, 0.2) is 60.7 Å². The lowest BCUT2D eigenvalue weighted by molar-refractivity contribution is 0.0779. The Morgan fingerprint density at radius 2 is 1.77 bits per heavy atom. The van der Waals surface area contributed by atoms with Crippen molar-refractivity contribution in [1.82, 2.24) is 4.90 Å². The highest BCUT2D eigenvalue weighted by atomic mass is 16.5. The molecule has 0 saturated carbocycles. The van der Waals surface area contributed by atoms with E-state index in [-0.39, 0.29) is 11.8 Å². The average molecular weight is 352 g/mol. The molecule has 0 saturated heterocycles. The molecule has 136 valence electrons. The largest absolute Gasteiger partial charge is 0.497 e. The minimum absolute atomic E-state index is 0.138. The molecule has 0 bridgehead atoms. The maximum atomic E-state index is 12.9. The lowest BCUT2D eigenvalue weighted by Gasteiger charge is -2.22. The van der Waals surface area contributed by atoms with Crippen molar-refractivity contribution in [3.8, 4) is 5.75 Å². The van der Waals surface area contributed by atoms with Crippen LogP contribution < -0.4 is 10.1 Å². The van der Waals surface area contributed by atoms with Crippen LogP contribution in [0, 0.1) is 0 Å². The van der Waals surface area contributed by atoms with Gasteiger partial charge in [0.05, 0.1) is 18.4 Å². The van der Waals surface area contributed by atoms with E-state index >= 15 is 0 Å². The number of carbonyl (C=O) groups is 2. The minimum atomic E-state index is -0.282. The second-order valence-corrected chi connectivity index (χ2v) is 6.00. The average Bonchev–Trinajstić information content (AvgIpc) is 2.65. The predicted molar refractivity (Wildman–Crippen MR) is 104 cm³/mol. The number of nitrogens with one attached hydrogen (secondary N) is 1. The number of carbonyl (C=O) groups excluding carboxylic acids is 2. The van der Waals surface area contributed by atoms with Crippen molar-refractivity contribution in [2.45, 2.75) is 13.8 Å². The lowest BCUT2D eigenvalue weighted by atomic mass is 10.1. The van der Waals surface area contributed by atoms with Gasteiger partial charge in [-0.3, -0.25) is 9.59 Å². The van der Waals surface area contributed by atoms with Crippen LogP contribution in [-0.2, 0) is 0 Å². The first-order valence-electron chi connectivity index (χ1n) is 8.44. The quantitative estimate of drug-likeness (QED) is 0.767. The monoisotopic (exact) mass is 352 g/mol. The first-order chi connectivity index (χ1) is 12.5. The van der Waals surface area contributed by atoms with E-state index in [0.717, 1.165) is 5.57 Å². The molecule has 2 amide bonds. The van der Waals surface area contributed by atoms with Gasteiger partial charge >= 0.3 is 0 Å². The molecule has 0 spiro atoms. The van der Waals surface area contributed by atoms with Gasteiger partial charge in [0.15, 0.2) is 0 Å². The third kappa shape index (κ3) is 4.72. The molecule has 26 heavy (non-hydrogen) atoms. The highest BCUT2D eigenvalue weighted by molar-refractivity contribution is 6.09. The van der Waals surface area contributed by atoms with Crippen molar-refractivity contribution >= 4 is 17.5 Å². The predicted octanol–water partition coefficient (Wildman–Crippen LogP) is 3.99. The molecule has 0 heterocycles. The highest BCUT2D eigenvalue weighted by Gasteiger charge is 2.19. The molecular formula is C21H24N2O3. The van der Waals surface area contributed by atoms with Gasteiger partial charge in [0, 0.05) is 18.7 Å². The number of nitrogens with zero attached hydrogens (tertiary/aromatic N) is 1. The normalized spacial score (nSPS) is 10.1. The van der Waals surface area contributed by atoms with E-state index in [0.29, 0.717) is 35.7 Å². The number of rotatable bonds is 7. The van der Waals surface area contributed by atoms with Crippen molar-refractivity contribution in [1.29, 1.82) is 0 Å². The SMILES string of the molecule is C=C(C)CN(CC)C(=O)c1ccccc1NC(=O)c1ccc(OC)cc1. The fourth-order valence-corrected chi connectivity index (χ4v) is 2.54. The summed E-state index contributed by atoms with van der Waals surface area (Å²) in [6.45, 7) is 8.71. The number of methoxy groups -OCH3 is 1. The summed E-state index contributed by atoms with van der Waals surface area (Å²) in [5.41, 5.74) is 2.33.